The minimum Gasteiger partial charge on any atom is -0.510 e. The first-order chi connectivity index (χ1) is 32.5. The van der Waals surface area contributed by atoms with Crippen molar-refractivity contribution in [3.05, 3.63) is 199 Å². The zero-order chi connectivity index (χ0) is 48.1. The largest absolute Gasteiger partial charge is 0.510 e. The van der Waals surface area contributed by atoms with Gasteiger partial charge in [-0.05, 0) is 62.9 Å². The van der Waals surface area contributed by atoms with Crippen molar-refractivity contribution in [2.24, 2.45) is 0 Å². The van der Waals surface area contributed by atoms with E-state index in [9.17, 15) is 0 Å². The SMILES string of the molecule is [2H]c1c([2H])c([2H])c(-c2cccc(-c3c([2H])c([2H])c([2H])c([2H])c3[2H])c2-[n+]2[c-]n(-c3[c-]c(Oc4[c-]c5c(cc4)c4ccccc4n5-c4ncc(C(C)(C)C)cc4C)ccc3)c3ccccc32)c([2H])c1[2H].[Pt]. The molecule has 5 nitrogen and oxygen atoms in total. The molecule has 290 valence electrons. The predicted molar refractivity (Wildman–Crippen MR) is 234 cm³/mol. The van der Waals surface area contributed by atoms with Crippen molar-refractivity contribution in [3.8, 4) is 50.9 Å². The molecule has 0 saturated heterocycles. The van der Waals surface area contributed by atoms with Crippen LogP contribution in [-0.2, 0) is 26.5 Å². The van der Waals surface area contributed by atoms with Crippen LogP contribution in [0.4, 0.5) is 0 Å². The van der Waals surface area contributed by atoms with Crippen molar-refractivity contribution in [2.45, 2.75) is 33.1 Å². The van der Waals surface area contributed by atoms with E-state index < -0.39 is 60.4 Å². The molecule has 0 spiro atoms. The molecule has 0 aliphatic rings. The van der Waals surface area contributed by atoms with E-state index in [0.29, 0.717) is 28.2 Å². The zero-order valence-electron chi connectivity index (χ0n) is 42.4. The third-order valence-corrected chi connectivity index (χ3v) is 10.3. The summed E-state index contributed by atoms with van der Waals surface area (Å²) in [6.07, 6.45) is 5.33. The van der Waals surface area contributed by atoms with Crippen LogP contribution in [0.5, 0.6) is 11.5 Å². The number of nitrogens with zero attached hydrogens (tertiary/aromatic N) is 4. The normalized spacial score (nSPS) is 14.0. The molecule has 10 aromatic rings. The predicted octanol–water partition coefficient (Wildman–Crippen LogP) is 12.5. The first-order valence-electron chi connectivity index (χ1n) is 23.8. The smallest absolute Gasteiger partial charge is 0.268 e. The van der Waals surface area contributed by atoms with Gasteiger partial charge in [-0.3, -0.25) is 4.57 Å². The third kappa shape index (κ3) is 6.86. The van der Waals surface area contributed by atoms with Crippen molar-refractivity contribution in [1.29, 1.82) is 0 Å². The van der Waals surface area contributed by atoms with Crippen LogP contribution in [0.3, 0.4) is 0 Å². The van der Waals surface area contributed by atoms with Crippen molar-refractivity contribution >= 4 is 32.8 Å². The van der Waals surface area contributed by atoms with Gasteiger partial charge in [-0.1, -0.05) is 153 Å². The second kappa shape index (κ2) is 15.3. The van der Waals surface area contributed by atoms with Gasteiger partial charge in [-0.25, -0.2) is 4.98 Å². The summed E-state index contributed by atoms with van der Waals surface area (Å²) in [6.45, 7) is 8.56. The maximum atomic E-state index is 8.99. The molecular weight excluding hydrogens is 904 g/mol. The van der Waals surface area contributed by atoms with Gasteiger partial charge in [-0.2, -0.15) is 18.2 Å². The van der Waals surface area contributed by atoms with E-state index >= 15 is 0 Å². The third-order valence-electron chi connectivity index (χ3n) is 10.3. The van der Waals surface area contributed by atoms with E-state index in [1.165, 1.54) is 0 Å². The number of ether oxygens (including phenoxy) is 1. The Labute approximate surface area is 373 Å². The molecular formula is C53H40N4OPt-2. The second-order valence-electron chi connectivity index (χ2n) is 15.0. The van der Waals surface area contributed by atoms with E-state index in [1.807, 2.05) is 60.8 Å². The van der Waals surface area contributed by atoms with Gasteiger partial charge < -0.3 is 13.9 Å². The first kappa shape index (κ1) is 28.0. The summed E-state index contributed by atoms with van der Waals surface area (Å²) in [7, 11) is 0. The molecule has 0 bridgehead atoms. The van der Waals surface area contributed by atoms with Gasteiger partial charge in [0.2, 0.25) is 0 Å². The number of imidazole rings is 1. The van der Waals surface area contributed by atoms with Crippen LogP contribution in [-0.4, -0.2) is 14.1 Å². The van der Waals surface area contributed by atoms with Gasteiger partial charge in [0.25, 0.3) is 6.33 Å². The number of pyridine rings is 1. The molecule has 0 aliphatic heterocycles. The van der Waals surface area contributed by atoms with Crippen LogP contribution < -0.4 is 9.30 Å². The van der Waals surface area contributed by atoms with Crippen molar-refractivity contribution in [3.63, 3.8) is 0 Å². The van der Waals surface area contributed by atoms with Crippen molar-refractivity contribution < 1.29 is 44.1 Å². The Morgan fingerprint density at radius 3 is 2.02 bits per heavy atom. The van der Waals surface area contributed by atoms with Gasteiger partial charge in [0, 0.05) is 44.3 Å². The molecule has 0 atom stereocenters. The number of hydrogen-bond acceptors (Lipinski definition) is 2. The summed E-state index contributed by atoms with van der Waals surface area (Å²) in [5.74, 6) is 1.59. The summed E-state index contributed by atoms with van der Waals surface area (Å²) < 4.78 is 98.7. The molecule has 3 heterocycles. The Hall–Kier alpha value is -6.55. The first-order valence-corrected chi connectivity index (χ1v) is 18.8. The maximum Gasteiger partial charge on any atom is 0.268 e. The fourth-order valence-corrected chi connectivity index (χ4v) is 7.47. The number of para-hydroxylation sites is 4. The van der Waals surface area contributed by atoms with Crippen LogP contribution in [0.15, 0.2) is 170 Å². The van der Waals surface area contributed by atoms with E-state index in [-0.39, 0.29) is 54.4 Å². The number of benzene rings is 7. The van der Waals surface area contributed by atoms with Crippen LogP contribution in [0.2, 0.25) is 0 Å². The molecule has 7 aromatic carbocycles. The van der Waals surface area contributed by atoms with Crippen LogP contribution >= 0.6 is 0 Å². The quantitative estimate of drug-likeness (QED) is 0.118. The van der Waals surface area contributed by atoms with Crippen LogP contribution in [0, 0.1) is 25.4 Å². The Kier molecular flexibility index (Phi) is 7.26. The molecule has 0 amide bonds. The van der Waals surface area contributed by atoms with Gasteiger partial charge in [0.15, 0.2) is 0 Å². The van der Waals surface area contributed by atoms with Crippen LogP contribution in [0.1, 0.15) is 45.6 Å². The number of fused-ring (bicyclic) bond motifs is 4. The fourth-order valence-electron chi connectivity index (χ4n) is 7.47. The van der Waals surface area contributed by atoms with E-state index in [0.717, 1.165) is 38.8 Å². The fraction of sp³-hybridized carbons (Fsp3) is 0.0943. The van der Waals surface area contributed by atoms with E-state index in [4.69, 9.17) is 23.4 Å². The summed E-state index contributed by atoms with van der Waals surface area (Å²) in [6, 6.07) is 33.3. The molecule has 0 saturated carbocycles. The van der Waals surface area contributed by atoms with Crippen molar-refractivity contribution in [2.75, 3.05) is 0 Å². The minimum atomic E-state index is -0.571. The van der Waals surface area contributed by atoms with Gasteiger partial charge >= 0.3 is 0 Å². The Morgan fingerprint density at radius 1 is 0.678 bits per heavy atom. The van der Waals surface area contributed by atoms with Gasteiger partial charge in [0.1, 0.15) is 5.82 Å². The molecule has 0 fully saturated rings. The Bertz CT molecular complexity index is 3600. The molecule has 0 radical (unpaired) electrons. The summed E-state index contributed by atoms with van der Waals surface area (Å²) in [4.78, 5) is 4.98. The summed E-state index contributed by atoms with van der Waals surface area (Å²) in [5, 5.41) is 2.03. The molecule has 0 unspecified atom stereocenters. The number of aromatic nitrogens is 4. The average Bonchev–Trinajstić information content (AvgIpc) is 3.87. The van der Waals surface area contributed by atoms with Crippen molar-refractivity contribution in [1.82, 2.24) is 14.1 Å². The van der Waals surface area contributed by atoms with Gasteiger partial charge in [-0.15, -0.1) is 29.7 Å². The topological polar surface area (TPSA) is 35.9 Å². The number of hydrogen-bond donors (Lipinski definition) is 0. The minimum absolute atomic E-state index is 0. The molecule has 0 N–H and O–H groups in total. The second-order valence-corrected chi connectivity index (χ2v) is 15.0. The molecule has 0 aliphatic carbocycles. The summed E-state index contributed by atoms with van der Waals surface area (Å²) in [5.41, 5.74) is 5.68. The van der Waals surface area contributed by atoms with Gasteiger partial charge in [0.05, 0.1) is 30.4 Å². The maximum absolute atomic E-state index is 8.99. The number of aryl methyl sites for hydroxylation is 1. The molecule has 6 heteroatoms. The molecule has 59 heavy (non-hydrogen) atoms. The number of rotatable bonds is 7. The van der Waals surface area contributed by atoms with E-state index in [1.54, 1.807) is 39.5 Å². The molecule has 3 aromatic heterocycles. The summed E-state index contributed by atoms with van der Waals surface area (Å²) >= 11 is 0. The van der Waals surface area contributed by atoms with Crippen LogP contribution in [0.25, 0.3) is 72.3 Å². The Morgan fingerprint density at radius 2 is 1.32 bits per heavy atom. The molecule has 10 rings (SSSR count). The average molecular weight is 954 g/mol. The zero-order valence-corrected chi connectivity index (χ0v) is 34.7. The van der Waals surface area contributed by atoms with E-state index in [2.05, 4.69) is 68.9 Å². The standard InChI is InChI=1S/C53H40N4O.Pt/c1-36-31-39(53(2,3)4)34-54-52(36)57-47-26-12-11-23-45(47)46-30-29-42(33-50(46)57)58-41-22-15-21-40(32-41)55-35-56(49-28-14-13-27-48(49)55)51-43(37-17-7-5-8-18-37)24-16-25-44(51)38-19-9-6-10-20-38;/h5-31,34H,1-4H3;/q-2;/i5D,6D,7D,8D,9D,10D,17D,18D,19D,20D;. The monoisotopic (exact) mass is 953 g/mol. The Balaban J connectivity index is 0.00000593.